The highest BCUT2D eigenvalue weighted by atomic mass is 28.4. The highest BCUT2D eigenvalue weighted by Crippen LogP contribution is 2.19. The lowest BCUT2D eigenvalue weighted by Gasteiger charge is -2.28. The average molecular weight is 581 g/mol. The predicted octanol–water partition coefficient (Wildman–Crippen LogP) is 5.09. The third kappa shape index (κ3) is 18.0. The van der Waals surface area contributed by atoms with Crippen LogP contribution in [-0.2, 0) is 45.6 Å². The van der Waals surface area contributed by atoms with E-state index >= 15 is 0 Å². The molecule has 0 aromatic carbocycles. The number of rotatable bonds is 22. The lowest BCUT2D eigenvalue weighted by Crippen LogP contribution is -2.46. The number of carbonyl (C=O) groups excluding carboxylic acids is 2. The molecule has 10 nitrogen and oxygen atoms in total. The molecule has 0 aliphatic heterocycles. The topological polar surface area (TPSA) is 108 Å². The third-order valence-electron chi connectivity index (χ3n) is 4.60. The van der Waals surface area contributed by atoms with Gasteiger partial charge in [-0.3, -0.25) is 0 Å². The Morgan fingerprint density at radius 3 is 0.947 bits per heavy atom. The van der Waals surface area contributed by atoms with Crippen molar-refractivity contribution in [3.63, 3.8) is 0 Å². The molecule has 0 bridgehead atoms. The molecule has 0 atom stereocenters. The first-order chi connectivity index (χ1) is 18.0. The van der Waals surface area contributed by atoms with E-state index in [1.807, 2.05) is 41.5 Å². The monoisotopic (exact) mass is 580 g/mol. The molecule has 0 heterocycles. The summed E-state index contributed by atoms with van der Waals surface area (Å²) in [5, 5.41) is 0. The summed E-state index contributed by atoms with van der Waals surface area (Å²) in [5.74, 6) is -0.729. The van der Waals surface area contributed by atoms with E-state index in [1.165, 1.54) is 0 Å². The normalized spacial score (nSPS) is 11.4. The lowest BCUT2D eigenvalue weighted by molar-refractivity contribution is -0.139. The summed E-state index contributed by atoms with van der Waals surface area (Å²) in [6, 6.07) is 1.29. The molecule has 0 radical (unpaired) electrons. The zero-order chi connectivity index (χ0) is 29.5. The molecule has 12 heteroatoms. The fourth-order valence-electron chi connectivity index (χ4n) is 3.16. The van der Waals surface area contributed by atoms with Crippen molar-refractivity contribution in [2.24, 2.45) is 0 Å². The van der Waals surface area contributed by atoms with Crippen LogP contribution >= 0.6 is 0 Å². The Kier molecular flexibility index (Phi) is 24.0. The summed E-state index contributed by atoms with van der Waals surface area (Å²) >= 11 is 0. The van der Waals surface area contributed by atoms with Crippen LogP contribution in [0, 0.1) is 0 Å². The van der Waals surface area contributed by atoms with Crippen LogP contribution in [0.25, 0.3) is 0 Å². The standard InChI is InChI=1S/2C13H26O5Si/c2*1-6-16-19(17-7-2,18-8-3)11-9-10-15-13(14)12(4)5/h2*4,6-11H2,1-3,5H3. The molecule has 224 valence electrons. The van der Waals surface area contributed by atoms with E-state index in [0.717, 1.165) is 0 Å². The van der Waals surface area contributed by atoms with Gasteiger partial charge in [0.25, 0.3) is 0 Å². The summed E-state index contributed by atoms with van der Waals surface area (Å²) in [4.78, 5) is 22.5. The lowest BCUT2D eigenvalue weighted by atomic mass is 10.4. The van der Waals surface area contributed by atoms with Crippen LogP contribution in [0.5, 0.6) is 0 Å². The second-order valence-electron chi connectivity index (χ2n) is 8.00. The minimum Gasteiger partial charge on any atom is -0.462 e. The summed E-state index contributed by atoms with van der Waals surface area (Å²) in [7, 11) is -5.22. The molecule has 0 saturated heterocycles. The van der Waals surface area contributed by atoms with E-state index in [9.17, 15) is 9.59 Å². The van der Waals surface area contributed by atoms with Gasteiger partial charge in [0.2, 0.25) is 0 Å². The molecule has 0 rings (SSSR count). The largest absolute Gasteiger partial charge is 0.501 e. The van der Waals surface area contributed by atoms with Gasteiger partial charge in [0.15, 0.2) is 0 Å². The smallest absolute Gasteiger partial charge is 0.462 e. The molecule has 38 heavy (non-hydrogen) atoms. The molecule has 0 aromatic heterocycles. The Labute approximate surface area is 232 Å². The van der Waals surface area contributed by atoms with Crippen molar-refractivity contribution in [3.05, 3.63) is 24.3 Å². The maximum atomic E-state index is 11.2. The van der Waals surface area contributed by atoms with Crippen molar-refractivity contribution < 1.29 is 45.6 Å². The predicted molar refractivity (Wildman–Crippen MR) is 152 cm³/mol. The van der Waals surface area contributed by atoms with Crippen LogP contribution in [0.3, 0.4) is 0 Å². The molecule has 0 aliphatic rings. The Balaban J connectivity index is 0. The molecule has 0 aliphatic carbocycles. The van der Waals surface area contributed by atoms with Crippen LogP contribution in [0.2, 0.25) is 12.1 Å². The number of hydrogen-bond acceptors (Lipinski definition) is 10. The van der Waals surface area contributed by atoms with Gasteiger partial charge in [0.1, 0.15) is 0 Å². The van der Waals surface area contributed by atoms with Crippen molar-refractivity contribution in [2.75, 3.05) is 52.9 Å². The molecular formula is C26H52O10Si2. The molecule has 0 fully saturated rings. The van der Waals surface area contributed by atoms with Crippen molar-refractivity contribution in [3.8, 4) is 0 Å². The van der Waals surface area contributed by atoms with Gasteiger partial charge in [-0.25, -0.2) is 9.59 Å². The zero-order valence-electron chi connectivity index (χ0n) is 25.0. The molecule has 0 saturated carbocycles. The van der Waals surface area contributed by atoms with Crippen LogP contribution < -0.4 is 0 Å². The van der Waals surface area contributed by atoms with E-state index in [2.05, 4.69) is 13.2 Å². The van der Waals surface area contributed by atoms with Crippen LogP contribution in [0.15, 0.2) is 24.3 Å². The van der Waals surface area contributed by atoms with Crippen molar-refractivity contribution in [2.45, 2.75) is 80.3 Å². The van der Waals surface area contributed by atoms with Gasteiger partial charge in [-0.1, -0.05) is 13.2 Å². The van der Waals surface area contributed by atoms with E-state index in [0.29, 0.717) is 88.9 Å². The molecule has 0 amide bonds. The first-order valence-corrected chi connectivity index (χ1v) is 17.4. The fourth-order valence-corrected chi connectivity index (χ4v) is 8.32. The van der Waals surface area contributed by atoms with Crippen LogP contribution in [0.1, 0.15) is 68.2 Å². The van der Waals surface area contributed by atoms with Crippen molar-refractivity contribution in [1.82, 2.24) is 0 Å². The zero-order valence-corrected chi connectivity index (χ0v) is 27.0. The minimum absolute atomic E-state index is 0.327. The van der Waals surface area contributed by atoms with Crippen molar-refractivity contribution in [1.29, 1.82) is 0 Å². The second-order valence-corrected chi connectivity index (χ2v) is 13.5. The van der Waals surface area contributed by atoms with Gasteiger partial charge >= 0.3 is 29.5 Å². The first kappa shape index (κ1) is 38.8. The SMILES string of the molecule is C=C(C)C(=O)OCCC[Si](OCC)(OCC)OCC.C=C(C)C(=O)OCCC[Si](OCC)(OCC)OCC. The maximum absolute atomic E-state index is 11.2. The summed E-state index contributed by atoms with van der Waals surface area (Å²) in [6.45, 7) is 25.8. The summed E-state index contributed by atoms with van der Waals surface area (Å²) < 4.78 is 44.3. The van der Waals surface area contributed by atoms with Gasteiger partial charge in [-0.15, -0.1) is 0 Å². The Morgan fingerprint density at radius 2 is 0.763 bits per heavy atom. The maximum Gasteiger partial charge on any atom is 0.501 e. The Bertz CT molecular complexity index is 582. The number of carbonyl (C=O) groups is 2. The van der Waals surface area contributed by atoms with Crippen molar-refractivity contribution >= 4 is 29.5 Å². The quantitative estimate of drug-likeness (QED) is 0.0744. The molecule has 0 unspecified atom stereocenters. The van der Waals surface area contributed by atoms with Gasteiger partial charge < -0.3 is 36.0 Å². The minimum atomic E-state index is -2.61. The Hall–Kier alpha value is -1.39. The van der Waals surface area contributed by atoms with E-state index in [-0.39, 0.29) is 11.9 Å². The molecule has 0 N–H and O–H groups in total. The second kappa shape index (κ2) is 23.5. The van der Waals surface area contributed by atoms with Crippen LogP contribution in [-0.4, -0.2) is 82.4 Å². The number of esters is 2. The van der Waals surface area contributed by atoms with Crippen LogP contribution in [0.4, 0.5) is 0 Å². The average Bonchev–Trinajstić information content (AvgIpc) is 2.85. The molecule has 0 aromatic rings. The molecule has 0 spiro atoms. The Morgan fingerprint density at radius 1 is 0.526 bits per heavy atom. The highest BCUT2D eigenvalue weighted by Gasteiger charge is 2.40. The fraction of sp³-hybridized carbons (Fsp3) is 0.769. The first-order valence-electron chi connectivity index (χ1n) is 13.5. The van der Waals surface area contributed by atoms with Gasteiger partial charge in [0, 0.05) is 62.9 Å². The van der Waals surface area contributed by atoms with Gasteiger partial charge in [0.05, 0.1) is 13.2 Å². The van der Waals surface area contributed by atoms with E-state index in [1.54, 1.807) is 13.8 Å². The number of hydrogen-bond donors (Lipinski definition) is 0. The van der Waals surface area contributed by atoms with E-state index < -0.39 is 17.6 Å². The molecular weight excluding hydrogens is 528 g/mol. The third-order valence-corrected chi connectivity index (χ3v) is 10.9. The summed E-state index contributed by atoms with van der Waals surface area (Å²) in [5.41, 5.74) is 0.811. The summed E-state index contributed by atoms with van der Waals surface area (Å²) in [6.07, 6.45) is 1.32. The highest BCUT2D eigenvalue weighted by molar-refractivity contribution is 6.61. The van der Waals surface area contributed by atoms with Gasteiger partial charge in [-0.2, -0.15) is 0 Å². The van der Waals surface area contributed by atoms with Gasteiger partial charge in [-0.05, 0) is 68.2 Å². The number of ether oxygens (including phenoxy) is 2. The van der Waals surface area contributed by atoms with E-state index in [4.69, 9.17) is 36.0 Å².